The second-order valence-corrected chi connectivity index (χ2v) is 12.8. The number of hydrogen-bond donors (Lipinski definition) is 7. The van der Waals surface area contributed by atoms with Crippen LogP contribution in [0.3, 0.4) is 0 Å². The summed E-state index contributed by atoms with van der Waals surface area (Å²) in [6.07, 6.45) is 0. The van der Waals surface area contributed by atoms with Gasteiger partial charge in [0, 0.05) is 18.7 Å². The molecule has 0 aliphatic carbocycles. The van der Waals surface area contributed by atoms with Crippen molar-refractivity contribution in [3.63, 3.8) is 0 Å². The molecule has 0 radical (unpaired) electrons. The molecule has 5 aromatic rings. The van der Waals surface area contributed by atoms with Crippen molar-refractivity contribution >= 4 is 81.6 Å². The van der Waals surface area contributed by atoms with Gasteiger partial charge in [0.25, 0.3) is 22.8 Å². The third-order valence-electron chi connectivity index (χ3n) is 8.71. The number of hydrogen-bond acceptors (Lipinski definition) is 18. The van der Waals surface area contributed by atoms with Crippen molar-refractivity contribution in [2.45, 2.75) is 27.3 Å². The van der Waals surface area contributed by atoms with Gasteiger partial charge < -0.3 is 36.0 Å². The predicted octanol–water partition coefficient (Wildman–Crippen LogP) is 5.63. The van der Waals surface area contributed by atoms with Crippen LogP contribution in [0.1, 0.15) is 65.0 Å². The van der Waals surface area contributed by atoms with E-state index in [1.165, 1.54) is 32.9 Å². The second-order valence-electron chi connectivity index (χ2n) is 12.5. The van der Waals surface area contributed by atoms with Crippen LogP contribution in [0.2, 0.25) is 5.28 Å². The fourth-order valence-corrected chi connectivity index (χ4v) is 5.92. The standard InChI is InChI=1S/C37H26ClN13O12/c1-14-19(13-39)27(52)50(28(53)25(14)48-46-20-9-5-7-17(31(56)57)22(20)33(60)61)12-11-41-36-43-35(38)44-37(45-36)42-16(3)51-29(54)24(40-4)15(2)26(30(51)55)49-47-21-10-6-8-18(32(58)59)23(21)34(62)63/h5-10,52,54H,11-12H2,1-3H3,(H,56,57)(H,58,59)(H,60,61)(H,62,63)(H,41,43,44,45). The van der Waals surface area contributed by atoms with E-state index in [4.69, 9.17) is 18.2 Å². The highest BCUT2D eigenvalue weighted by atomic mass is 35.5. The van der Waals surface area contributed by atoms with Gasteiger partial charge >= 0.3 is 23.9 Å². The Morgan fingerprint density at radius 3 is 1.84 bits per heavy atom. The minimum absolute atomic E-state index is 0.128. The number of carboxylic acids is 4. The molecule has 0 saturated carbocycles. The van der Waals surface area contributed by atoms with E-state index in [0.29, 0.717) is 4.57 Å². The molecule has 0 spiro atoms. The largest absolute Gasteiger partial charge is 0.502 e. The van der Waals surface area contributed by atoms with E-state index in [9.17, 15) is 64.7 Å². The maximum absolute atomic E-state index is 13.7. The van der Waals surface area contributed by atoms with Gasteiger partial charge in [-0.1, -0.05) is 12.1 Å². The molecule has 26 heteroatoms. The van der Waals surface area contributed by atoms with Crippen molar-refractivity contribution in [1.82, 2.24) is 24.1 Å². The van der Waals surface area contributed by atoms with E-state index < -0.39 is 121 Å². The van der Waals surface area contributed by atoms with Gasteiger partial charge in [-0.25, -0.2) is 28.6 Å². The summed E-state index contributed by atoms with van der Waals surface area (Å²) in [5.74, 6) is -9.19. The summed E-state index contributed by atoms with van der Waals surface area (Å²) >= 11 is 6.11. The van der Waals surface area contributed by atoms with Gasteiger partial charge in [-0.2, -0.15) is 25.2 Å². The summed E-state index contributed by atoms with van der Waals surface area (Å²) < 4.78 is 1.28. The maximum atomic E-state index is 13.7. The fourth-order valence-electron chi connectivity index (χ4n) is 5.77. The van der Waals surface area contributed by atoms with Crippen LogP contribution in [0.25, 0.3) is 4.85 Å². The van der Waals surface area contributed by atoms with Crippen LogP contribution in [0.4, 0.5) is 40.3 Å². The molecule has 318 valence electrons. The number of rotatable bonds is 13. The zero-order valence-electron chi connectivity index (χ0n) is 32.3. The molecule has 0 aliphatic heterocycles. The molecule has 5 rings (SSSR count). The van der Waals surface area contributed by atoms with E-state index in [-0.39, 0.29) is 29.5 Å². The van der Waals surface area contributed by atoms with Crippen LogP contribution in [0, 0.1) is 31.8 Å². The summed E-state index contributed by atoms with van der Waals surface area (Å²) in [5.41, 5.74) is -7.84. The van der Waals surface area contributed by atoms with Crippen molar-refractivity contribution in [2.24, 2.45) is 25.4 Å². The molecule has 0 atom stereocenters. The van der Waals surface area contributed by atoms with Gasteiger partial charge in [0.2, 0.25) is 23.0 Å². The first kappa shape index (κ1) is 44.9. The van der Waals surface area contributed by atoms with Gasteiger partial charge in [0.05, 0.1) is 17.7 Å². The van der Waals surface area contributed by atoms with Crippen LogP contribution in [-0.2, 0) is 6.54 Å². The van der Waals surface area contributed by atoms with Gasteiger partial charge in [0.1, 0.15) is 45.7 Å². The number of pyridine rings is 2. The van der Waals surface area contributed by atoms with Crippen molar-refractivity contribution in [3.05, 3.63) is 113 Å². The number of carboxylic acid groups (broad SMARTS) is 4. The number of azo groups is 2. The molecule has 0 amide bonds. The van der Waals surface area contributed by atoms with Gasteiger partial charge in [-0.05, 0) is 62.2 Å². The smallest absolute Gasteiger partial charge is 0.338 e. The number of nitriles is 1. The van der Waals surface area contributed by atoms with Gasteiger partial charge in [0.15, 0.2) is 5.69 Å². The van der Waals surface area contributed by atoms with Gasteiger partial charge in [-0.3, -0.25) is 14.2 Å². The lowest BCUT2D eigenvalue weighted by molar-refractivity contribution is 0.0652. The first-order chi connectivity index (χ1) is 29.8. The molecule has 25 nitrogen and oxygen atoms in total. The number of carbonyl (C=O) groups is 4. The molecule has 63 heavy (non-hydrogen) atoms. The lowest BCUT2D eigenvalue weighted by Crippen LogP contribution is -2.26. The third-order valence-corrected chi connectivity index (χ3v) is 8.88. The molecule has 0 fully saturated rings. The number of benzene rings is 2. The molecule has 0 unspecified atom stereocenters. The summed E-state index contributed by atoms with van der Waals surface area (Å²) in [6, 6.07) is 8.49. The summed E-state index contributed by atoms with van der Waals surface area (Å²) in [5, 5.41) is 87.2. The molecule has 3 heterocycles. The number of aromatic hydroxyl groups is 2. The Bertz CT molecular complexity index is 3110. The Labute approximate surface area is 355 Å². The van der Waals surface area contributed by atoms with E-state index in [2.05, 4.69) is 50.6 Å². The topological polar surface area (TPSA) is 374 Å². The number of halogens is 1. The maximum Gasteiger partial charge on any atom is 0.338 e. The fraction of sp³-hybridized carbons (Fsp3) is 0.135. The molecule has 0 bridgehead atoms. The lowest BCUT2D eigenvalue weighted by Gasteiger charge is -2.14. The van der Waals surface area contributed by atoms with E-state index >= 15 is 0 Å². The number of aromatic nitrogens is 5. The summed E-state index contributed by atoms with van der Waals surface area (Å²) in [4.78, 5) is 93.4. The Hall–Kier alpha value is -9.23. The predicted molar refractivity (Wildman–Crippen MR) is 216 cm³/mol. The molecule has 3 aromatic heterocycles. The highest BCUT2D eigenvalue weighted by molar-refractivity contribution is 6.28. The lowest BCUT2D eigenvalue weighted by atomic mass is 10.1. The van der Waals surface area contributed by atoms with Crippen LogP contribution >= 0.6 is 11.6 Å². The second kappa shape index (κ2) is 18.4. The zero-order chi connectivity index (χ0) is 46.4. The van der Waals surface area contributed by atoms with E-state index in [1.54, 1.807) is 6.07 Å². The quantitative estimate of drug-likeness (QED) is 0.0326. The van der Waals surface area contributed by atoms with Crippen LogP contribution in [0.15, 0.2) is 71.4 Å². The molecule has 7 N–H and O–H groups in total. The number of anilines is 1. The van der Waals surface area contributed by atoms with Crippen molar-refractivity contribution in [2.75, 3.05) is 11.9 Å². The van der Waals surface area contributed by atoms with Crippen molar-refractivity contribution in [1.29, 1.82) is 5.26 Å². The Kier molecular flexibility index (Phi) is 13.1. The first-order valence-electron chi connectivity index (χ1n) is 17.3. The zero-order valence-corrected chi connectivity index (χ0v) is 33.0. The Balaban J connectivity index is 1.47. The van der Waals surface area contributed by atoms with Crippen LogP contribution in [0.5, 0.6) is 11.8 Å². The number of nitrogens with zero attached hydrogens (tertiary/aromatic N) is 12. The highest BCUT2D eigenvalue weighted by Crippen LogP contribution is 2.36. The highest BCUT2D eigenvalue weighted by Gasteiger charge is 2.25. The summed E-state index contributed by atoms with van der Waals surface area (Å²) in [6.45, 7) is 10.7. The van der Waals surface area contributed by atoms with Crippen molar-refractivity contribution < 1.29 is 49.8 Å². The van der Waals surface area contributed by atoms with Crippen molar-refractivity contribution in [3.8, 4) is 17.8 Å². The summed E-state index contributed by atoms with van der Waals surface area (Å²) in [7, 11) is 0. The Morgan fingerprint density at radius 1 is 0.810 bits per heavy atom. The van der Waals surface area contributed by atoms with E-state index in [0.717, 1.165) is 28.8 Å². The number of nitrogens with one attached hydrogen (secondary N) is 1. The molecule has 0 saturated heterocycles. The average molecular weight is 880 g/mol. The monoisotopic (exact) mass is 879 g/mol. The van der Waals surface area contributed by atoms with Crippen LogP contribution < -0.4 is 16.4 Å². The van der Waals surface area contributed by atoms with Gasteiger partial charge in [-0.15, -0.1) is 20.5 Å². The minimum Gasteiger partial charge on any atom is -0.502 e. The number of aliphatic imine (C=N–C) groups is 1. The first-order valence-corrected chi connectivity index (χ1v) is 17.7. The number of aromatic carboxylic acids is 4. The average Bonchev–Trinajstić information content (AvgIpc) is 3.21. The molecule has 2 aromatic carbocycles. The molecular formula is C37H26ClN13O12. The normalized spacial score (nSPS) is 11.4. The van der Waals surface area contributed by atoms with E-state index in [1.807, 2.05) is 0 Å². The molecular weight excluding hydrogens is 854 g/mol. The molecule has 0 aliphatic rings. The third kappa shape index (κ3) is 9.02. The Morgan fingerprint density at radius 2 is 1.35 bits per heavy atom. The van der Waals surface area contributed by atoms with Crippen LogP contribution in [-0.4, -0.2) is 91.0 Å². The minimum atomic E-state index is -1.65. The SMILES string of the molecule is [C-]#[N+]c1c(C)c(N=Nc2cccc(C(=O)O)c2C(=O)O)c(=O)n(C(C)=Nc2nc(Cl)nc(NCCn3c(O)c(C#N)c(C)c(N=Nc4cccc(C(=O)O)c4C(=O)O)c3=O)n2)c1O.